The minimum absolute atomic E-state index is 0.175. The van der Waals surface area contributed by atoms with Crippen molar-refractivity contribution in [1.29, 1.82) is 0 Å². The van der Waals surface area contributed by atoms with E-state index >= 15 is 0 Å². The first-order chi connectivity index (χ1) is 7.51. The summed E-state index contributed by atoms with van der Waals surface area (Å²) < 4.78 is 0. The van der Waals surface area contributed by atoms with Crippen LogP contribution in [0.3, 0.4) is 0 Å². The average Bonchev–Trinajstić information content (AvgIpc) is 2.76. The number of aromatic nitrogens is 4. The highest BCUT2D eigenvalue weighted by Crippen LogP contribution is 2.49. The summed E-state index contributed by atoms with van der Waals surface area (Å²) in [5.74, 6) is 1.09. The lowest BCUT2D eigenvalue weighted by Gasteiger charge is -2.26. The first kappa shape index (κ1) is 9.75. The first-order valence-corrected chi connectivity index (χ1v) is 5.73. The molecule has 84 valence electrons. The molecule has 0 fully saturated rings. The topological polar surface area (TPSA) is 54.5 Å². The third-order valence-electron chi connectivity index (χ3n) is 4.35. The van der Waals surface area contributed by atoms with Crippen molar-refractivity contribution in [2.24, 2.45) is 5.92 Å². The van der Waals surface area contributed by atoms with Crippen molar-refractivity contribution in [2.45, 2.75) is 39.0 Å². The Morgan fingerprint density at radius 3 is 2.75 bits per heavy atom. The Morgan fingerprint density at radius 1 is 1.25 bits per heavy atom. The molecule has 3 rings (SSSR count). The molecule has 1 aliphatic carbocycles. The fourth-order valence-corrected chi connectivity index (χ4v) is 2.77. The lowest BCUT2D eigenvalue weighted by Crippen LogP contribution is -2.22. The molecule has 0 aromatic carbocycles. The van der Waals surface area contributed by atoms with Gasteiger partial charge in [-0.2, -0.15) is 10.3 Å². The molecule has 0 aliphatic heterocycles. The van der Waals surface area contributed by atoms with Gasteiger partial charge in [-0.05, 0) is 23.0 Å². The number of aromatic amines is 1. The monoisotopic (exact) mass is 216 g/mol. The Labute approximate surface area is 94.5 Å². The van der Waals surface area contributed by atoms with Gasteiger partial charge in [0.2, 0.25) is 5.65 Å². The second kappa shape index (κ2) is 2.81. The van der Waals surface area contributed by atoms with E-state index in [-0.39, 0.29) is 5.41 Å². The molecule has 2 aromatic heterocycles. The summed E-state index contributed by atoms with van der Waals surface area (Å²) in [4.78, 5) is 4.64. The maximum Gasteiger partial charge on any atom is 0.201 e. The van der Waals surface area contributed by atoms with E-state index in [0.717, 1.165) is 11.2 Å². The molecule has 0 amide bonds. The molecule has 2 atom stereocenters. The second-order valence-corrected chi connectivity index (χ2v) is 5.39. The molecule has 4 heteroatoms. The molecule has 2 heterocycles. The van der Waals surface area contributed by atoms with Gasteiger partial charge >= 0.3 is 0 Å². The highest BCUT2D eigenvalue weighted by molar-refractivity contribution is 5.71. The van der Waals surface area contributed by atoms with E-state index in [4.69, 9.17) is 0 Å². The predicted molar refractivity (Wildman–Crippen MR) is 62.3 cm³/mol. The van der Waals surface area contributed by atoms with Gasteiger partial charge in [0, 0.05) is 11.6 Å². The van der Waals surface area contributed by atoms with Crippen LogP contribution in [0.15, 0.2) is 6.07 Å². The quantitative estimate of drug-likeness (QED) is 0.735. The Hall–Kier alpha value is -1.45. The van der Waals surface area contributed by atoms with Gasteiger partial charge in [0.05, 0.1) is 0 Å². The van der Waals surface area contributed by atoms with Crippen LogP contribution in [0.25, 0.3) is 11.2 Å². The molecule has 0 spiro atoms. The summed E-state index contributed by atoms with van der Waals surface area (Å²) in [5, 5.41) is 10.8. The third kappa shape index (κ3) is 1.02. The lowest BCUT2D eigenvalue weighted by molar-refractivity contribution is 0.341. The fourth-order valence-electron chi connectivity index (χ4n) is 2.77. The Morgan fingerprint density at radius 2 is 2.00 bits per heavy atom. The smallest absolute Gasteiger partial charge is 0.201 e. The van der Waals surface area contributed by atoms with E-state index in [1.165, 1.54) is 11.3 Å². The maximum atomic E-state index is 4.64. The van der Waals surface area contributed by atoms with Gasteiger partial charge in [-0.15, -0.1) is 5.10 Å². The lowest BCUT2D eigenvalue weighted by atomic mass is 9.77. The van der Waals surface area contributed by atoms with Crippen molar-refractivity contribution < 1.29 is 0 Å². The van der Waals surface area contributed by atoms with Gasteiger partial charge in [0.1, 0.15) is 5.52 Å². The van der Waals surface area contributed by atoms with Crippen LogP contribution >= 0.6 is 0 Å². The summed E-state index contributed by atoms with van der Waals surface area (Å²) >= 11 is 0. The van der Waals surface area contributed by atoms with Gasteiger partial charge in [-0.1, -0.05) is 27.7 Å². The van der Waals surface area contributed by atoms with E-state index in [2.05, 4.69) is 54.2 Å². The number of pyridine rings is 1. The molecule has 0 radical (unpaired) electrons. The molecule has 0 saturated carbocycles. The van der Waals surface area contributed by atoms with Crippen LogP contribution in [0.1, 0.15) is 44.9 Å². The SMILES string of the molecule is C[C@@H]1[C@@H](C)c2nc3n[nH]nc3cc2C1(C)C. The highest BCUT2D eigenvalue weighted by Gasteiger charge is 2.42. The van der Waals surface area contributed by atoms with E-state index < -0.39 is 0 Å². The van der Waals surface area contributed by atoms with Crippen LogP contribution in [0.5, 0.6) is 0 Å². The molecular formula is C12H16N4. The Bertz CT molecular complexity index is 555. The molecule has 2 aromatic rings. The largest absolute Gasteiger partial charge is 0.230 e. The Balaban J connectivity index is 2.33. The summed E-state index contributed by atoms with van der Waals surface area (Å²) in [6, 6.07) is 2.14. The van der Waals surface area contributed by atoms with Gasteiger partial charge in [0.15, 0.2) is 0 Å². The van der Waals surface area contributed by atoms with Crippen molar-refractivity contribution in [3.05, 3.63) is 17.3 Å². The molecule has 0 unspecified atom stereocenters. The zero-order chi connectivity index (χ0) is 11.5. The number of hydrogen-bond acceptors (Lipinski definition) is 3. The molecule has 1 aliphatic rings. The van der Waals surface area contributed by atoms with Crippen molar-refractivity contribution >= 4 is 11.2 Å². The zero-order valence-electron chi connectivity index (χ0n) is 10.1. The normalized spacial score (nSPS) is 27.2. The minimum atomic E-state index is 0.175. The van der Waals surface area contributed by atoms with Crippen LogP contribution in [0.2, 0.25) is 0 Å². The average molecular weight is 216 g/mol. The van der Waals surface area contributed by atoms with Gasteiger partial charge in [-0.3, -0.25) is 0 Å². The standard InChI is InChI=1S/C12H16N4/c1-6-7(2)12(3,4)8-5-9-11(13-10(6)8)15-16-14-9/h5-7H,1-4H3,(H,13,14,15,16)/t6-,7-/m1/s1. The van der Waals surface area contributed by atoms with Crippen LogP contribution < -0.4 is 0 Å². The van der Waals surface area contributed by atoms with Gasteiger partial charge in [0.25, 0.3) is 0 Å². The predicted octanol–water partition coefficient (Wildman–Crippen LogP) is 2.38. The summed E-state index contributed by atoms with van der Waals surface area (Å²) in [6.07, 6.45) is 0. The van der Waals surface area contributed by atoms with Crippen molar-refractivity contribution in [1.82, 2.24) is 20.4 Å². The molecule has 4 nitrogen and oxygen atoms in total. The van der Waals surface area contributed by atoms with E-state index in [9.17, 15) is 0 Å². The van der Waals surface area contributed by atoms with Crippen LogP contribution in [0.4, 0.5) is 0 Å². The number of fused-ring (bicyclic) bond motifs is 2. The molecule has 1 N–H and O–H groups in total. The Kier molecular flexibility index (Phi) is 1.71. The number of nitrogens with one attached hydrogen (secondary N) is 1. The van der Waals surface area contributed by atoms with E-state index in [1.807, 2.05) is 0 Å². The van der Waals surface area contributed by atoms with Gasteiger partial charge in [-0.25, -0.2) is 4.98 Å². The highest BCUT2D eigenvalue weighted by atomic mass is 15.3. The third-order valence-corrected chi connectivity index (χ3v) is 4.35. The molecule has 0 saturated heterocycles. The van der Waals surface area contributed by atoms with Crippen molar-refractivity contribution in [3.8, 4) is 0 Å². The molecule has 0 bridgehead atoms. The number of H-pyrrole nitrogens is 1. The van der Waals surface area contributed by atoms with Gasteiger partial charge < -0.3 is 0 Å². The number of nitrogens with zero attached hydrogens (tertiary/aromatic N) is 3. The number of rotatable bonds is 0. The summed E-state index contributed by atoms with van der Waals surface area (Å²) in [5.41, 5.74) is 4.30. The van der Waals surface area contributed by atoms with Crippen LogP contribution in [-0.2, 0) is 5.41 Å². The van der Waals surface area contributed by atoms with Crippen molar-refractivity contribution in [2.75, 3.05) is 0 Å². The van der Waals surface area contributed by atoms with E-state index in [1.54, 1.807) is 0 Å². The van der Waals surface area contributed by atoms with E-state index in [0.29, 0.717) is 11.8 Å². The first-order valence-electron chi connectivity index (χ1n) is 5.73. The molecular weight excluding hydrogens is 200 g/mol. The zero-order valence-corrected chi connectivity index (χ0v) is 10.1. The fraction of sp³-hybridized carbons (Fsp3) is 0.583. The summed E-state index contributed by atoms with van der Waals surface area (Å²) in [7, 11) is 0. The minimum Gasteiger partial charge on any atom is -0.230 e. The maximum absolute atomic E-state index is 4.64. The summed E-state index contributed by atoms with van der Waals surface area (Å²) in [6.45, 7) is 9.11. The second-order valence-electron chi connectivity index (χ2n) is 5.39. The number of hydrogen-bond donors (Lipinski definition) is 1. The molecule has 16 heavy (non-hydrogen) atoms. The van der Waals surface area contributed by atoms with Crippen molar-refractivity contribution in [3.63, 3.8) is 0 Å². The van der Waals surface area contributed by atoms with Crippen LogP contribution in [-0.4, -0.2) is 20.4 Å². The van der Waals surface area contributed by atoms with Crippen LogP contribution in [0, 0.1) is 5.92 Å².